The highest BCUT2D eigenvalue weighted by Gasteiger charge is 2.26. The van der Waals surface area contributed by atoms with Crippen LogP contribution >= 0.6 is 11.8 Å². The molecule has 4 nitrogen and oxygen atoms in total. The van der Waals surface area contributed by atoms with Crippen LogP contribution < -0.4 is 5.32 Å². The number of rotatable bonds is 5. The van der Waals surface area contributed by atoms with Crippen LogP contribution in [0.3, 0.4) is 0 Å². The van der Waals surface area contributed by atoms with Gasteiger partial charge in [0, 0.05) is 11.3 Å². The maximum atomic E-state index is 10.9. The molecule has 1 aliphatic rings. The summed E-state index contributed by atoms with van der Waals surface area (Å²) in [6.07, 6.45) is 5.86. The van der Waals surface area contributed by atoms with Gasteiger partial charge >= 0.3 is 5.97 Å². The summed E-state index contributed by atoms with van der Waals surface area (Å²) in [5.74, 6) is 0.258. The van der Waals surface area contributed by atoms with Crippen molar-refractivity contribution in [2.45, 2.75) is 44.0 Å². The van der Waals surface area contributed by atoms with Crippen LogP contribution in [-0.4, -0.2) is 28.6 Å². The molecule has 1 aromatic heterocycles. The number of hydrogen-bond donors (Lipinski definition) is 2. The highest BCUT2D eigenvalue weighted by Crippen LogP contribution is 2.28. The van der Waals surface area contributed by atoms with Crippen LogP contribution in [0.25, 0.3) is 0 Å². The predicted molar refractivity (Wildman–Crippen MR) is 72.2 cm³/mol. The summed E-state index contributed by atoms with van der Waals surface area (Å²) in [5, 5.41) is 13.1. The van der Waals surface area contributed by atoms with E-state index < -0.39 is 5.97 Å². The van der Waals surface area contributed by atoms with Gasteiger partial charge in [0.1, 0.15) is 17.1 Å². The lowest BCUT2D eigenvalue weighted by Gasteiger charge is -2.18. The van der Waals surface area contributed by atoms with Gasteiger partial charge in [-0.15, -0.1) is 0 Å². The Morgan fingerprint density at radius 1 is 1.61 bits per heavy atom. The van der Waals surface area contributed by atoms with Crippen molar-refractivity contribution in [3.8, 4) is 0 Å². The van der Waals surface area contributed by atoms with Gasteiger partial charge in [0.25, 0.3) is 0 Å². The van der Waals surface area contributed by atoms with Gasteiger partial charge in [-0.2, -0.15) is 11.8 Å². The first-order valence-electron chi connectivity index (χ1n) is 6.20. The van der Waals surface area contributed by atoms with Crippen molar-refractivity contribution in [1.29, 1.82) is 0 Å². The minimum absolute atomic E-state index is 0.264. The number of carboxylic acids is 1. The van der Waals surface area contributed by atoms with Gasteiger partial charge < -0.3 is 14.8 Å². The van der Waals surface area contributed by atoms with Crippen molar-refractivity contribution >= 4 is 17.7 Å². The predicted octanol–water partition coefficient (Wildman–Crippen LogP) is 2.66. The SMILES string of the molecule is CSC1CCCC1NCc1cc(C(=O)O)c(C)o1. The van der Waals surface area contributed by atoms with Gasteiger partial charge in [0.2, 0.25) is 0 Å². The summed E-state index contributed by atoms with van der Waals surface area (Å²) < 4.78 is 5.45. The lowest BCUT2D eigenvalue weighted by molar-refractivity contribution is 0.0695. The first-order chi connectivity index (χ1) is 8.61. The monoisotopic (exact) mass is 269 g/mol. The maximum absolute atomic E-state index is 10.9. The van der Waals surface area contributed by atoms with E-state index in [1.807, 2.05) is 11.8 Å². The standard InChI is InChI=1S/C13H19NO3S/c1-8-10(13(15)16)6-9(17-8)7-14-11-4-3-5-12(11)18-2/h6,11-12,14H,3-5,7H2,1-2H3,(H,15,16). The molecule has 5 heteroatoms. The van der Waals surface area contributed by atoms with E-state index in [9.17, 15) is 4.79 Å². The summed E-state index contributed by atoms with van der Waals surface area (Å²) >= 11 is 1.90. The molecule has 1 saturated carbocycles. The topological polar surface area (TPSA) is 62.5 Å². The van der Waals surface area contributed by atoms with Crippen LogP contribution in [0.4, 0.5) is 0 Å². The van der Waals surface area contributed by atoms with E-state index in [1.165, 1.54) is 19.3 Å². The second-order valence-corrected chi connectivity index (χ2v) is 5.76. The molecule has 1 heterocycles. The zero-order valence-corrected chi connectivity index (χ0v) is 11.5. The zero-order valence-electron chi connectivity index (χ0n) is 10.7. The number of aromatic carboxylic acids is 1. The van der Waals surface area contributed by atoms with E-state index in [4.69, 9.17) is 9.52 Å². The second kappa shape index (κ2) is 5.80. The summed E-state index contributed by atoms with van der Waals surface area (Å²) in [7, 11) is 0. The number of carbonyl (C=O) groups is 1. The molecule has 0 bridgehead atoms. The Bertz CT molecular complexity index is 430. The molecule has 0 saturated heterocycles. The third-order valence-electron chi connectivity index (χ3n) is 3.49. The van der Waals surface area contributed by atoms with Gasteiger partial charge in [-0.1, -0.05) is 6.42 Å². The van der Waals surface area contributed by atoms with Gasteiger partial charge in [-0.05, 0) is 32.1 Å². The minimum Gasteiger partial charge on any atom is -0.478 e. The Morgan fingerprint density at radius 3 is 3.00 bits per heavy atom. The Labute approximate surface area is 111 Å². The molecule has 0 spiro atoms. The maximum Gasteiger partial charge on any atom is 0.339 e. The molecule has 1 aromatic rings. The van der Waals surface area contributed by atoms with Gasteiger partial charge in [0.15, 0.2) is 0 Å². The van der Waals surface area contributed by atoms with E-state index >= 15 is 0 Å². The summed E-state index contributed by atoms with van der Waals surface area (Å²) in [4.78, 5) is 10.9. The van der Waals surface area contributed by atoms with E-state index in [0.29, 0.717) is 29.4 Å². The van der Waals surface area contributed by atoms with Crippen molar-refractivity contribution in [2.75, 3.05) is 6.26 Å². The molecule has 2 unspecified atom stereocenters. The van der Waals surface area contributed by atoms with E-state index in [0.717, 1.165) is 0 Å². The van der Waals surface area contributed by atoms with E-state index in [2.05, 4.69) is 11.6 Å². The third-order valence-corrected chi connectivity index (χ3v) is 4.66. The molecule has 0 amide bonds. The average Bonchev–Trinajstić information content (AvgIpc) is 2.92. The number of hydrogen-bond acceptors (Lipinski definition) is 4. The molecular weight excluding hydrogens is 250 g/mol. The lowest BCUT2D eigenvalue weighted by atomic mass is 10.2. The van der Waals surface area contributed by atoms with Crippen LogP contribution in [0.5, 0.6) is 0 Å². The summed E-state index contributed by atoms with van der Waals surface area (Å²) in [6, 6.07) is 2.13. The van der Waals surface area contributed by atoms with E-state index in [1.54, 1.807) is 13.0 Å². The largest absolute Gasteiger partial charge is 0.478 e. The van der Waals surface area contributed by atoms with Crippen LogP contribution in [0.2, 0.25) is 0 Å². The number of nitrogens with one attached hydrogen (secondary N) is 1. The van der Waals surface area contributed by atoms with Crippen molar-refractivity contribution < 1.29 is 14.3 Å². The Kier molecular flexibility index (Phi) is 4.35. The Balaban J connectivity index is 1.94. The van der Waals surface area contributed by atoms with Crippen LogP contribution in [0.1, 0.15) is 41.1 Å². The fourth-order valence-electron chi connectivity index (χ4n) is 2.52. The highest BCUT2D eigenvalue weighted by atomic mass is 32.2. The Hall–Kier alpha value is -0.940. The van der Waals surface area contributed by atoms with Gasteiger partial charge in [0.05, 0.1) is 6.54 Å². The molecule has 2 N–H and O–H groups in total. The van der Waals surface area contributed by atoms with Crippen LogP contribution in [-0.2, 0) is 6.54 Å². The van der Waals surface area contributed by atoms with Gasteiger partial charge in [-0.3, -0.25) is 0 Å². The number of thioether (sulfide) groups is 1. The molecule has 0 radical (unpaired) electrons. The molecule has 18 heavy (non-hydrogen) atoms. The molecular formula is C13H19NO3S. The van der Waals surface area contributed by atoms with Crippen molar-refractivity contribution in [3.63, 3.8) is 0 Å². The molecule has 2 atom stereocenters. The lowest BCUT2D eigenvalue weighted by Crippen LogP contribution is -2.33. The number of carboxylic acid groups (broad SMARTS) is 1. The average molecular weight is 269 g/mol. The number of aryl methyl sites for hydroxylation is 1. The second-order valence-electron chi connectivity index (χ2n) is 4.68. The molecule has 1 aliphatic carbocycles. The number of furan rings is 1. The summed E-state index contributed by atoms with van der Waals surface area (Å²) in [6.45, 7) is 2.29. The fourth-order valence-corrected chi connectivity index (χ4v) is 3.48. The van der Waals surface area contributed by atoms with Crippen molar-refractivity contribution in [3.05, 3.63) is 23.2 Å². The summed E-state index contributed by atoms with van der Waals surface area (Å²) in [5.41, 5.74) is 0.264. The first kappa shape index (κ1) is 13.5. The van der Waals surface area contributed by atoms with Gasteiger partial charge in [-0.25, -0.2) is 4.79 Å². The Morgan fingerprint density at radius 2 is 2.39 bits per heavy atom. The smallest absolute Gasteiger partial charge is 0.339 e. The molecule has 0 aliphatic heterocycles. The fraction of sp³-hybridized carbons (Fsp3) is 0.615. The third kappa shape index (κ3) is 2.90. The minimum atomic E-state index is -0.926. The molecule has 1 fully saturated rings. The first-order valence-corrected chi connectivity index (χ1v) is 7.49. The molecule has 100 valence electrons. The van der Waals surface area contributed by atoms with E-state index in [-0.39, 0.29) is 5.56 Å². The zero-order chi connectivity index (χ0) is 13.1. The quantitative estimate of drug-likeness (QED) is 0.860. The van der Waals surface area contributed by atoms with Crippen LogP contribution in [0, 0.1) is 6.92 Å². The normalized spacial score (nSPS) is 23.4. The molecule has 0 aromatic carbocycles. The van der Waals surface area contributed by atoms with Crippen molar-refractivity contribution in [1.82, 2.24) is 5.32 Å². The molecule has 2 rings (SSSR count). The van der Waals surface area contributed by atoms with Crippen LogP contribution in [0.15, 0.2) is 10.5 Å². The highest BCUT2D eigenvalue weighted by molar-refractivity contribution is 7.99. The van der Waals surface area contributed by atoms with Crippen molar-refractivity contribution in [2.24, 2.45) is 0 Å².